The summed E-state index contributed by atoms with van der Waals surface area (Å²) >= 11 is 6.27. The van der Waals surface area contributed by atoms with Gasteiger partial charge in [-0.25, -0.2) is 9.97 Å². The van der Waals surface area contributed by atoms with Crippen LogP contribution in [0, 0.1) is 0 Å². The number of carbonyl (C=O) groups excluding carboxylic acids is 1. The van der Waals surface area contributed by atoms with Crippen molar-refractivity contribution in [2.75, 3.05) is 18.9 Å². The standard InChI is InChI=1S/C18H19ClN4O3/c1-3-16(24)23-10-18(2,25)26-9-15(23)11-4-12(6-13(19)5-11)17-21-7-14(20)8-22-17/h3-8,15,25H,1,9-10,20H2,2H3/t15-,18-/m1/s1. The highest BCUT2D eigenvalue weighted by Crippen LogP contribution is 2.33. The van der Waals surface area contributed by atoms with E-state index in [1.807, 2.05) is 6.07 Å². The number of amides is 1. The van der Waals surface area contributed by atoms with Crippen LogP contribution in [-0.4, -0.2) is 44.8 Å². The highest BCUT2D eigenvalue weighted by atomic mass is 35.5. The number of benzene rings is 1. The minimum Gasteiger partial charge on any atom is -0.396 e. The van der Waals surface area contributed by atoms with Gasteiger partial charge in [0.1, 0.15) is 0 Å². The van der Waals surface area contributed by atoms with Crippen molar-refractivity contribution < 1.29 is 14.6 Å². The Morgan fingerprint density at radius 1 is 1.46 bits per heavy atom. The zero-order chi connectivity index (χ0) is 18.9. The van der Waals surface area contributed by atoms with Crippen molar-refractivity contribution in [3.63, 3.8) is 0 Å². The second-order valence-corrected chi connectivity index (χ2v) is 6.72. The van der Waals surface area contributed by atoms with Gasteiger partial charge in [-0.15, -0.1) is 0 Å². The number of nitrogens with zero attached hydrogens (tertiary/aromatic N) is 3. The third-order valence-electron chi connectivity index (χ3n) is 4.08. The second kappa shape index (κ2) is 7.03. The molecular formula is C18H19ClN4O3. The fraction of sp³-hybridized carbons (Fsp3) is 0.278. The summed E-state index contributed by atoms with van der Waals surface area (Å²) in [5, 5.41) is 10.6. The number of rotatable bonds is 3. The smallest absolute Gasteiger partial charge is 0.246 e. The molecular weight excluding hydrogens is 356 g/mol. The van der Waals surface area contributed by atoms with Gasteiger partial charge in [-0.05, 0) is 36.8 Å². The predicted molar refractivity (Wildman–Crippen MR) is 98.1 cm³/mol. The molecule has 0 spiro atoms. The minimum absolute atomic E-state index is 0.0166. The van der Waals surface area contributed by atoms with E-state index < -0.39 is 11.8 Å². The van der Waals surface area contributed by atoms with Crippen molar-refractivity contribution in [3.05, 3.63) is 53.8 Å². The average molecular weight is 375 g/mol. The van der Waals surface area contributed by atoms with E-state index >= 15 is 0 Å². The molecule has 1 aliphatic rings. The summed E-state index contributed by atoms with van der Waals surface area (Å²) in [6.45, 7) is 5.18. The summed E-state index contributed by atoms with van der Waals surface area (Å²) in [5.74, 6) is -1.26. The van der Waals surface area contributed by atoms with E-state index in [0.717, 1.165) is 5.56 Å². The summed E-state index contributed by atoms with van der Waals surface area (Å²) in [7, 11) is 0. The molecule has 0 bridgehead atoms. The maximum atomic E-state index is 12.3. The maximum absolute atomic E-state index is 12.3. The zero-order valence-electron chi connectivity index (χ0n) is 14.2. The lowest BCUT2D eigenvalue weighted by Gasteiger charge is -2.42. The van der Waals surface area contributed by atoms with Crippen LogP contribution in [0.1, 0.15) is 18.5 Å². The molecule has 0 radical (unpaired) electrons. The second-order valence-electron chi connectivity index (χ2n) is 6.29. The SMILES string of the molecule is C=CC(=O)N1C[C@](C)(O)OC[C@@H]1c1cc(Cl)cc(-c2ncc(N)cn2)c1. The van der Waals surface area contributed by atoms with Crippen LogP contribution in [0.15, 0.2) is 43.2 Å². The van der Waals surface area contributed by atoms with Gasteiger partial charge in [-0.2, -0.15) is 0 Å². The first-order valence-corrected chi connectivity index (χ1v) is 8.34. The molecule has 3 N–H and O–H groups in total. The van der Waals surface area contributed by atoms with Gasteiger partial charge in [0, 0.05) is 10.6 Å². The van der Waals surface area contributed by atoms with Crippen LogP contribution in [0.25, 0.3) is 11.4 Å². The Hall–Kier alpha value is -2.48. The van der Waals surface area contributed by atoms with Crippen molar-refractivity contribution >= 4 is 23.2 Å². The monoisotopic (exact) mass is 374 g/mol. The van der Waals surface area contributed by atoms with Crippen molar-refractivity contribution in [3.8, 4) is 11.4 Å². The first-order valence-electron chi connectivity index (χ1n) is 7.97. The maximum Gasteiger partial charge on any atom is 0.246 e. The molecule has 0 saturated carbocycles. The number of halogens is 1. The molecule has 1 saturated heterocycles. The summed E-state index contributed by atoms with van der Waals surface area (Å²) in [5.41, 5.74) is 7.53. The molecule has 1 aliphatic heterocycles. The fourth-order valence-electron chi connectivity index (χ4n) is 2.87. The van der Waals surface area contributed by atoms with Crippen molar-refractivity contribution in [2.24, 2.45) is 0 Å². The van der Waals surface area contributed by atoms with Gasteiger partial charge >= 0.3 is 0 Å². The number of carbonyl (C=O) groups is 1. The average Bonchev–Trinajstić information content (AvgIpc) is 2.60. The summed E-state index contributed by atoms with van der Waals surface area (Å²) in [6.07, 6.45) is 4.23. The van der Waals surface area contributed by atoms with Crippen molar-refractivity contribution in [1.29, 1.82) is 0 Å². The highest BCUT2D eigenvalue weighted by Gasteiger charge is 2.38. The number of nitrogen functional groups attached to an aromatic ring is 1. The third kappa shape index (κ3) is 3.85. The van der Waals surface area contributed by atoms with Crippen LogP contribution in [0.5, 0.6) is 0 Å². The van der Waals surface area contributed by atoms with Gasteiger partial charge < -0.3 is 20.5 Å². The fourth-order valence-corrected chi connectivity index (χ4v) is 3.11. The van der Waals surface area contributed by atoms with Crippen molar-refractivity contribution in [2.45, 2.75) is 18.8 Å². The molecule has 2 heterocycles. The van der Waals surface area contributed by atoms with E-state index in [1.54, 1.807) is 12.1 Å². The number of ether oxygens (including phenoxy) is 1. The van der Waals surface area contributed by atoms with Crippen LogP contribution in [0.3, 0.4) is 0 Å². The Morgan fingerprint density at radius 2 is 2.15 bits per heavy atom. The molecule has 1 aromatic heterocycles. The van der Waals surface area contributed by atoms with Crippen LogP contribution >= 0.6 is 11.6 Å². The van der Waals surface area contributed by atoms with Crippen LogP contribution in [0.2, 0.25) is 5.02 Å². The lowest BCUT2D eigenvalue weighted by molar-refractivity contribution is -0.239. The molecule has 8 heteroatoms. The number of hydrogen-bond acceptors (Lipinski definition) is 6. The summed E-state index contributed by atoms with van der Waals surface area (Å²) in [6, 6.07) is 4.90. The number of aliphatic hydroxyl groups is 1. The van der Waals surface area contributed by atoms with Gasteiger partial charge in [0.25, 0.3) is 0 Å². The first-order chi connectivity index (χ1) is 12.3. The normalized spacial score (nSPS) is 22.9. The van der Waals surface area contributed by atoms with E-state index in [2.05, 4.69) is 16.5 Å². The number of hydrogen-bond donors (Lipinski definition) is 2. The van der Waals surface area contributed by atoms with Crippen LogP contribution < -0.4 is 5.73 Å². The number of β-amino-alcohol motifs (C(OH)–C–C–N with tert-alkyl or cyclic N) is 1. The first kappa shape index (κ1) is 18.3. The van der Waals surface area contributed by atoms with E-state index in [9.17, 15) is 9.90 Å². The topological polar surface area (TPSA) is 102 Å². The Labute approximate surface area is 156 Å². The third-order valence-corrected chi connectivity index (χ3v) is 4.30. The number of anilines is 1. The predicted octanol–water partition coefficient (Wildman–Crippen LogP) is 2.17. The van der Waals surface area contributed by atoms with E-state index in [4.69, 9.17) is 22.1 Å². The zero-order valence-corrected chi connectivity index (χ0v) is 15.0. The van der Waals surface area contributed by atoms with Crippen LogP contribution in [0.4, 0.5) is 5.69 Å². The largest absolute Gasteiger partial charge is 0.396 e. The summed E-state index contributed by atoms with van der Waals surface area (Å²) < 4.78 is 5.49. The minimum atomic E-state index is -1.42. The summed E-state index contributed by atoms with van der Waals surface area (Å²) in [4.78, 5) is 22.2. The van der Waals surface area contributed by atoms with Gasteiger partial charge in [0.05, 0.1) is 37.3 Å². The van der Waals surface area contributed by atoms with Crippen molar-refractivity contribution in [1.82, 2.24) is 14.9 Å². The molecule has 0 unspecified atom stereocenters. The van der Waals surface area contributed by atoms with Gasteiger partial charge in [-0.1, -0.05) is 18.2 Å². The number of aromatic nitrogens is 2. The number of nitrogens with two attached hydrogens (primary N) is 1. The molecule has 1 fully saturated rings. The van der Waals surface area contributed by atoms with E-state index in [-0.39, 0.29) is 19.1 Å². The Balaban J connectivity index is 2.00. The highest BCUT2D eigenvalue weighted by molar-refractivity contribution is 6.31. The molecule has 1 amide bonds. The molecule has 26 heavy (non-hydrogen) atoms. The molecule has 136 valence electrons. The van der Waals surface area contributed by atoms with Crippen LogP contribution in [-0.2, 0) is 9.53 Å². The molecule has 0 aliphatic carbocycles. The molecule has 2 aromatic rings. The van der Waals surface area contributed by atoms with Gasteiger partial charge in [0.2, 0.25) is 5.91 Å². The molecule has 3 rings (SSSR count). The lowest BCUT2D eigenvalue weighted by atomic mass is 10.00. The van der Waals surface area contributed by atoms with E-state index in [0.29, 0.717) is 22.1 Å². The van der Waals surface area contributed by atoms with Gasteiger partial charge in [-0.3, -0.25) is 4.79 Å². The quantitative estimate of drug-likeness (QED) is 0.798. The Morgan fingerprint density at radius 3 is 2.81 bits per heavy atom. The molecule has 1 aromatic carbocycles. The van der Waals surface area contributed by atoms with E-state index in [1.165, 1.54) is 30.3 Å². The Bertz CT molecular complexity index is 839. The molecule has 2 atom stereocenters. The number of morpholine rings is 1. The lowest BCUT2D eigenvalue weighted by Crippen LogP contribution is -2.53. The van der Waals surface area contributed by atoms with Gasteiger partial charge in [0.15, 0.2) is 11.6 Å². The molecule has 7 nitrogen and oxygen atoms in total. The Kier molecular flexibility index (Phi) is 4.95.